The third-order valence-corrected chi connectivity index (χ3v) is 4.08. The van der Waals surface area contributed by atoms with Gasteiger partial charge in [0.15, 0.2) is 6.61 Å². The zero-order chi connectivity index (χ0) is 16.2. The largest absolute Gasteiger partial charge is 0.493 e. The molecule has 1 heterocycles. The van der Waals surface area contributed by atoms with Gasteiger partial charge in [0.1, 0.15) is 11.5 Å². The highest BCUT2D eigenvalue weighted by atomic mass is 35.5. The number of carbonyl (C=O) groups excluding carboxylic acids is 1. The van der Waals surface area contributed by atoms with Crippen molar-refractivity contribution in [1.82, 2.24) is 5.32 Å². The van der Waals surface area contributed by atoms with Crippen LogP contribution >= 0.6 is 23.2 Å². The van der Waals surface area contributed by atoms with Gasteiger partial charge in [-0.25, -0.2) is 0 Å². The van der Waals surface area contributed by atoms with E-state index < -0.39 is 0 Å². The Morgan fingerprint density at radius 2 is 2.09 bits per heavy atom. The van der Waals surface area contributed by atoms with Crippen LogP contribution in [0.3, 0.4) is 0 Å². The summed E-state index contributed by atoms with van der Waals surface area (Å²) >= 11 is 11.8. The quantitative estimate of drug-likeness (QED) is 0.904. The molecule has 0 fully saturated rings. The van der Waals surface area contributed by atoms with Gasteiger partial charge in [-0.1, -0.05) is 41.4 Å². The molecule has 4 nitrogen and oxygen atoms in total. The number of para-hydroxylation sites is 1. The molecule has 3 rings (SSSR count). The predicted octanol–water partition coefficient (Wildman–Crippen LogP) is 4.01. The number of amides is 1. The van der Waals surface area contributed by atoms with E-state index in [4.69, 9.17) is 32.7 Å². The molecule has 120 valence electrons. The Bertz CT molecular complexity index is 721. The van der Waals surface area contributed by atoms with Crippen molar-refractivity contribution >= 4 is 29.1 Å². The van der Waals surface area contributed by atoms with Crippen LogP contribution < -0.4 is 14.8 Å². The van der Waals surface area contributed by atoms with Crippen LogP contribution in [0.5, 0.6) is 11.5 Å². The van der Waals surface area contributed by atoms with Crippen LogP contribution in [0.1, 0.15) is 18.0 Å². The highest BCUT2D eigenvalue weighted by Crippen LogP contribution is 2.31. The van der Waals surface area contributed by atoms with Gasteiger partial charge in [0.2, 0.25) is 0 Å². The lowest BCUT2D eigenvalue weighted by Crippen LogP contribution is -2.35. The molecule has 0 radical (unpaired) electrons. The summed E-state index contributed by atoms with van der Waals surface area (Å²) in [5.41, 5.74) is 0.983. The second kappa shape index (κ2) is 7.11. The first-order chi connectivity index (χ1) is 11.1. The molecule has 0 unspecified atom stereocenters. The topological polar surface area (TPSA) is 47.6 Å². The van der Waals surface area contributed by atoms with Crippen molar-refractivity contribution in [2.45, 2.75) is 12.5 Å². The van der Waals surface area contributed by atoms with E-state index in [0.717, 1.165) is 17.7 Å². The van der Waals surface area contributed by atoms with E-state index in [0.29, 0.717) is 22.4 Å². The van der Waals surface area contributed by atoms with E-state index in [9.17, 15) is 4.79 Å². The van der Waals surface area contributed by atoms with E-state index in [1.165, 1.54) is 0 Å². The molecular weight excluding hydrogens is 337 g/mol. The lowest BCUT2D eigenvalue weighted by atomic mass is 10.0. The van der Waals surface area contributed by atoms with Crippen molar-refractivity contribution in [2.24, 2.45) is 0 Å². The monoisotopic (exact) mass is 351 g/mol. The first kappa shape index (κ1) is 16.0. The number of carbonyl (C=O) groups is 1. The number of fused-ring (bicyclic) bond motifs is 1. The van der Waals surface area contributed by atoms with Crippen molar-refractivity contribution < 1.29 is 14.3 Å². The Morgan fingerprint density at radius 3 is 2.91 bits per heavy atom. The molecule has 2 aromatic rings. The maximum atomic E-state index is 12.1. The summed E-state index contributed by atoms with van der Waals surface area (Å²) in [6.07, 6.45) is 0.727. The summed E-state index contributed by atoms with van der Waals surface area (Å²) in [4.78, 5) is 12.1. The predicted molar refractivity (Wildman–Crippen MR) is 89.4 cm³/mol. The highest BCUT2D eigenvalue weighted by molar-refractivity contribution is 6.35. The van der Waals surface area contributed by atoms with Crippen LogP contribution in [0.15, 0.2) is 42.5 Å². The third kappa shape index (κ3) is 3.89. The van der Waals surface area contributed by atoms with Gasteiger partial charge in [-0.3, -0.25) is 4.79 Å². The minimum atomic E-state index is -0.210. The molecular formula is C17H15Cl2NO3. The maximum absolute atomic E-state index is 12.1. The number of rotatable bonds is 4. The fraction of sp³-hybridized carbons (Fsp3) is 0.235. The van der Waals surface area contributed by atoms with Gasteiger partial charge in [-0.05, 0) is 24.3 Å². The summed E-state index contributed by atoms with van der Waals surface area (Å²) in [5.74, 6) is 1.03. The summed E-state index contributed by atoms with van der Waals surface area (Å²) < 4.78 is 11.0. The fourth-order valence-corrected chi connectivity index (χ4v) is 2.93. The first-order valence-electron chi connectivity index (χ1n) is 7.22. The fourth-order valence-electron chi connectivity index (χ4n) is 2.46. The third-order valence-electron chi connectivity index (χ3n) is 3.55. The van der Waals surface area contributed by atoms with Crippen LogP contribution in [0.25, 0.3) is 0 Å². The molecule has 2 aromatic carbocycles. The molecule has 1 aliphatic heterocycles. The van der Waals surface area contributed by atoms with E-state index >= 15 is 0 Å². The number of nitrogens with one attached hydrogen (secondary N) is 1. The van der Waals surface area contributed by atoms with Gasteiger partial charge < -0.3 is 14.8 Å². The van der Waals surface area contributed by atoms with Crippen LogP contribution in [-0.4, -0.2) is 19.1 Å². The second-order valence-corrected chi connectivity index (χ2v) is 6.00. The molecule has 0 aromatic heterocycles. The van der Waals surface area contributed by atoms with Gasteiger partial charge in [0, 0.05) is 17.0 Å². The lowest BCUT2D eigenvalue weighted by molar-refractivity contribution is -0.124. The minimum absolute atomic E-state index is 0.0725. The smallest absolute Gasteiger partial charge is 0.258 e. The van der Waals surface area contributed by atoms with E-state index in [-0.39, 0.29) is 18.6 Å². The summed E-state index contributed by atoms with van der Waals surface area (Å²) in [6, 6.07) is 12.5. The SMILES string of the molecule is O=C(COc1ccc(Cl)cc1Cl)N[C@H]1CCOc2ccccc21. The Hall–Kier alpha value is -1.91. The second-order valence-electron chi connectivity index (χ2n) is 5.16. The van der Waals surface area contributed by atoms with Crippen LogP contribution in [0, 0.1) is 0 Å². The van der Waals surface area contributed by atoms with Crippen molar-refractivity contribution in [3.05, 3.63) is 58.1 Å². The number of halogens is 2. The van der Waals surface area contributed by atoms with E-state index in [2.05, 4.69) is 5.32 Å². The van der Waals surface area contributed by atoms with Gasteiger partial charge >= 0.3 is 0 Å². The van der Waals surface area contributed by atoms with Gasteiger partial charge in [-0.15, -0.1) is 0 Å². The molecule has 0 bridgehead atoms. The Kier molecular flexibility index (Phi) is 4.94. The average Bonchev–Trinajstić information content (AvgIpc) is 2.54. The first-order valence-corrected chi connectivity index (χ1v) is 7.98. The Morgan fingerprint density at radius 1 is 1.26 bits per heavy atom. The summed E-state index contributed by atoms with van der Waals surface area (Å²) in [5, 5.41) is 3.86. The van der Waals surface area contributed by atoms with E-state index in [1.807, 2.05) is 24.3 Å². The zero-order valence-electron chi connectivity index (χ0n) is 12.2. The van der Waals surface area contributed by atoms with Gasteiger partial charge in [-0.2, -0.15) is 0 Å². The number of ether oxygens (including phenoxy) is 2. The molecule has 1 amide bonds. The molecule has 23 heavy (non-hydrogen) atoms. The number of hydrogen-bond acceptors (Lipinski definition) is 3. The van der Waals surface area contributed by atoms with Crippen molar-refractivity contribution in [2.75, 3.05) is 13.2 Å². The summed E-state index contributed by atoms with van der Waals surface area (Å²) in [6.45, 7) is 0.465. The van der Waals surface area contributed by atoms with Gasteiger partial charge in [0.25, 0.3) is 5.91 Å². The van der Waals surface area contributed by atoms with Crippen molar-refractivity contribution in [3.63, 3.8) is 0 Å². The van der Waals surface area contributed by atoms with Crippen molar-refractivity contribution in [3.8, 4) is 11.5 Å². The Balaban J connectivity index is 1.60. The average molecular weight is 352 g/mol. The number of benzene rings is 2. The number of hydrogen-bond donors (Lipinski definition) is 1. The highest BCUT2D eigenvalue weighted by Gasteiger charge is 2.22. The molecule has 6 heteroatoms. The maximum Gasteiger partial charge on any atom is 0.258 e. The summed E-state index contributed by atoms with van der Waals surface area (Å²) in [7, 11) is 0. The lowest BCUT2D eigenvalue weighted by Gasteiger charge is -2.26. The van der Waals surface area contributed by atoms with Crippen LogP contribution in [0.4, 0.5) is 0 Å². The molecule has 0 saturated carbocycles. The molecule has 0 spiro atoms. The molecule has 0 aliphatic carbocycles. The van der Waals surface area contributed by atoms with Crippen molar-refractivity contribution in [1.29, 1.82) is 0 Å². The standard InChI is InChI=1S/C17H15Cl2NO3/c18-11-5-6-16(13(19)9-11)23-10-17(21)20-14-7-8-22-15-4-2-1-3-12(14)15/h1-6,9,14H,7-8,10H2,(H,20,21)/t14-/m0/s1. The molecule has 1 aliphatic rings. The van der Waals surface area contributed by atoms with Crippen LogP contribution in [-0.2, 0) is 4.79 Å². The van der Waals surface area contributed by atoms with Gasteiger partial charge in [0.05, 0.1) is 17.7 Å². The zero-order valence-corrected chi connectivity index (χ0v) is 13.7. The normalized spacial score (nSPS) is 16.2. The van der Waals surface area contributed by atoms with Crippen LogP contribution in [0.2, 0.25) is 10.0 Å². The molecule has 1 atom stereocenters. The minimum Gasteiger partial charge on any atom is -0.493 e. The molecule has 1 N–H and O–H groups in total. The molecule has 0 saturated heterocycles. The Labute approximate surface area is 144 Å². The van der Waals surface area contributed by atoms with E-state index in [1.54, 1.807) is 18.2 Å².